The van der Waals surface area contributed by atoms with E-state index >= 15 is 0 Å². The molecule has 0 bridgehead atoms. The fourth-order valence-corrected chi connectivity index (χ4v) is 3.91. The second kappa shape index (κ2) is 8.14. The second-order valence-electron chi connectivity index (χ2n) is 6.66. The molecule has 2 aromatic carbocycles. The number of esters is 1. The molecular formula is C21H19FN2O3S. The van der Waals surface area contributed by atoms with Crippen molar-refractivity contribution < 1.29 is 18.3 Å². The van der Waals surface area contributed by atoms with Crippen LogP contribution in [0.2, 0.25) is 0 Å². The molecule has 4 rings (SSSR count). The molecule has 1 heterocycles. The summed E-state index contributed by atoms with van der Waals surface area (Å²) in [5.74, 6) is -0.0194. The average molecular weight is 398 g/mol. The molecule has 0 radical (unpaired) electrons. The van der Waals surface area contributed by atoms with Crippen molar-refractivity contribution in [3.63, 3.8) is 0 Å². The molecule has 1 aliphatic carbocycles. The third-order valence-electron chi connectivity index (χ3n) is 4.61. The zero-order chi connectivity index (χ0) is 19.5. The molecule has 0 spiro atoms. The van der Waals surface area contributed by atoms with E-state index in [4.69, 9.17) is 9.15 Å². The topological polar surface area (TPSA) is 65.2 Å². The average Bonchev–Trinajstić information content (AvgIpc) is 3.36. The summed E-state index contributed by atoms with van der Waals surface area (Å²) in [4.78, 5) is 13.2. The van der Waals surface area contributed by atoms with E-state index in [-0.39, 0.29) is 29.3 Å². The van der Waals surface area contributed by atoms with Gasteiger partial charge in [0.15, 0.2) is 6.10 Å². The first-order valence-electron chi connectivity index (χ1n) is 9.12. The predicted molar refractivity (Wildman–Crippen MR) is 103 cm³/mol. The Bertz CT molecular complexity index is 988. The SMILES string of the molecule is C[C@@H](OC(=O)CSc1ccc2c(c1)CCC2)c1nnc(-c2ccc(F)cc2)o1. The van der Waals surface area contributed by atoms with Gasteiger partial charge in [0.25, 0.3) is 5.89 Å². The minimum atomic E-state index is -0.658. The van der Waals surface area contributed by atoms with Crippen LogP contribution in [-0.2, 0) is 22.4 Å². The van der Waals surface area contributed by atoms with E-state index in [0.29, 0.717) is 5.56 Å². The summed E-state index contributed by atoms with van der Waals surface area (Å²) in [6.45, 7) is 1.68. The number of fused-ring (bicyclic) bond motifs is 1. The van der Waals surface area contributed by atoms with Crippen molar-refractivity contribution in [1.29, 1.82) is 0 Å². The fraction of sp³-hybridized carbons (Fsp3) is 0.286. The van der Waals surface area contributed by atoms with Crippen LogP contribution in [0.1, 0.15) is 36.5 Å². The monoisotopic (exact) mass is 398 g/mol. The first-order valence-corrected chi connectivity index (χ1v) is 10.1. The van der Waals surface area contributed by atoms with Crippen molar-refractivity contribution >= 4 is 17.7 Å². The Hall–Kier alpha value is -2.67. The molecule has 1 atom stereocenters. The molecule has 0 unspecified atom stereocenters. The van der Waals surface area contributed by atoms with E-state index in [1.807, 2.05) is 0 Å². The normalized spacial score (nSPS) is 13.9. The van der Waals surface area contributed by atoms with Gasteiger partial charge < -0.3 is 9.15 Å². The van der Waals surface area contributed by atoms with Gasteiger partial charge in [-0.1, -0.05) is 6.07 Å². The van der Waals surface area contributed by atoms with E-state index in [2.05, 4.69) is 28.4 Å². The van der Waals surface area contributed by atoms with Crippen molar-refractivity contribution in [1.82, 2.24) is 10.2 Å². The number of benzene rings is 2. The Labute approximate surface area is 166 Å². The highest BCUT2D eigenvalue weighted by molar-refractivity contribution is 8.00. The summed E-state index contributed by atoms with van der Waals surface area (Å²) >= 11 is 1.46. The van der Waals surface area contributed by atoms with Crippen molar-refractivity contribution in [2.24, 2.45) is 0 Å². The summed E-state index contributed by atoms with van der Waals surface area (Å²) < 4.78 is 24.0. The van der Waals surface area contributed by atoms with Gasteiger partial charge in [-0.15, -0.1) is 22.0 Å². The second-order valence-corrected chi connectivity index (χ2v) is 7.71. The standard InChI is InChI=1S/C21H19FN2O3S/c1-13(20-23-24-21(27-20)15-5-8-17(22)9-6-15)26-19(25)12-28-18-10-7-14-3-2-4-16(14)11-18/h5-11,13H,2-4,12H2,1H3/t13-/m1/s1. The quantitative estimate of drug-likeness (QED) is 0.441. The summed E-state index contributed by atoms with van der Waals surface area (Å²) in [5.41, 5.74) is 3.39. The maximum atomic E-state index is 13.0. The van der Waals surface area contributed by atoms with Gasteiger partial charge in [-0.25, -0.2) is 4.39 Å². The molecule has 7 heteroatoms. The molecule has 5 nitrogen and oxygen atoms in total. The fourth-order valence-electron chi connectivity index (χ4n) is 3.17. The third-order valence-corrected chi connectivity index (χ3v) is 5.58. The van der Waals surface area contributed by atoms with E-state index in [1.165, 1.54) is 41.4 Å². The molecular weight excluding hydrogens is 379 g/mol. The molecule has 0 aliphatic heterocycles. The first-order chi connectivity index (χ1) is 13.6. The Kier molecular flexibility index (Phi) is 5.43. The van der Waals surface area contributed by atoms with Crippen molar-refractivity contribution in [2.45, 2.75) is 37.2 Å². The van der Waals surface area contributed by atoms with Crippen molar-refractivity contribution in [2.75, 3.05) is 5.75 Å². The maximum Gasteiger partial charge on any atom is 0.317 e. The molecule has 1 aliphatic rings. The highest BCUT2D eigenvalue weighted by atomic mass is 32.2. The van der Waals surface area contributed by atoms with Gasteiger partial charge in [0, 0.05) is 10.5 Å². The highest BCUT2D eigenvalue weighted by Gasteiger charge is 2.19. The molecule has 0 amide bonds. The van der Waals surface area contributed by atoms with Crippen LogP contribution in [-0.4, -0.2) is 21.9 Å². The van der Waals surface area contributed by atoms with Crippen LogP contribution in [0.25, 0.3) is 11.5 Å². The number of ether oxygens (including phenoxy) is 1. The van der Waals surface area contributed by atoms with Crippen LogP contribution in [0.5, 0.6) is 0 Å². The van der Waals surface area contributed by atoms with Gasteiger partial charge in [0.05, 0.1) is 5.75 Å². The number of hydrogen-bond acceptors (Lipinski definition) is 6. The van der Waals surface area contributed by atoms with Crippen molar-refractivity contribution in [3.05, 3.63) is 65.3 Å². The number of thioether (sulfide) groups is 1. The van der Waals surface area contributed by atoms with E-state index in [0.717, 1.165) is 17.7 Å². The minimum absolute atomic E-state index is 0.204. The van der Waals surface area contributed by atoms with Gasteiger partial charge in [0.1, 0.15) is 5.82 Å². The highest BCUT2D eigenvalue weighted by Crippen LogP contribution is 2.28. The van der Waals surface area contributed by atoms with Crippen LogP contribution < -0.4 is 0 Å². The largest absolute Gasteiger partial charge is 0.452 e. The van der Waals surface area contributed by atoms with Crippen molar-refractivity contribution in [3.8, 4) is 11.5 Å². The van der Waals surface area contributed by atoms with E-state index in [1.54, 1.807) is 19.1 Å². The number of rotatable bonds is 6. The zero-order valence-electron chi connectivity index (χ0n) is 15.4. The summed E-state index contributed by atoms with van der Waals surface area (Å²) in [6, 6.07) is 12.1. The van der Waals surface area contributed by atoms with E-state index in [9.17, 15) is 9.18 Å². The van der Waals surface area contributed by atoms with Crippen LogP contribution in [0.3, 0.4) is 0 Å². The number of carbonyl (C=O) groups excluding carboxylic acids is 1. The summed E-state index contributed by atoms with van der Waals surface area (Å²) in [6.07, 6.45) is 2.80. The number of halogens is 1. The Balaban J connectivity index is 1.32. The number of carbonyl (C=O) groups is 1. The molecule has 28 heavy (non-hydrogen) atoms. The molecule has 3 aromatic rings. The van der Waals surface area contributed by atoms with Gasteiger partial charge in [-0.05, 0) is 73.7 Å². The van der Waals surface area contributed by atoms with Crippen LogP contribution in [0, 0.1) is 5.82 Å². The number of hydrogen-bond donors (Lipinski definition) is 0. The zero-order valence-corrected chi connectivity index (χ0v) is 16.2. The molecule has 144 valence electrons. The lowest BCUT2D eigenvalue weighted by atomic mass is 10.1. The predicted octanol–water partition coefficient (Wildman–Crippen LogP) is 4.76. The van der Waals surface area contributed by atoms with Crippen LogP contribution in [0.15, 0.2) is 51.8 Å². The molecule has 1 aromatic heterocycles. The van der Waals surface area contributed by atoms with Gasteiger partial charge >= 0.3 is 5.97 Å². The number of aryl methyl sites for hydroxylation is 2. The minimum Gasteiger partial charge on any atom is -0.452 e. The Morgan fingerprint density at radius 1 is 1.18 bits per heavy atom. The number of nitrogens with zero attached hydrogens (tertiary/aromatic N) is 2. The lowest BCUT2D eigenvalue weighted by Crippen LogP contribution is -2.11. The first kappa shape index (κ1) is 18.7. The maximum absolute atomic E-state index is 13.0. The lowest BCUT2D eigenvalue weighted by Gasteiger charge is -2.09. The smallest absolute Gasteiger partial charge is 0.317 e. The molecule has 0 fully saturated rings. The van der Waals surface area contributed by atoms with E-state index < -0.39 is 6.10 Å². The number of aromatic nitrogens is 2. The third kappa shape index (κ3) is 4.25. The summed E-state index contributed by atoms with van der Waals surface area (Å²) in [5, 5.41) is 7.87. The molecule has 0 saturated carbocycles. The Morgan fingerprint density at radius 3 is 2.79 bits per heavy atom. The van der Waals surface area contributed by atoms with Gasteiger partial charge in [-0.2, -0.15) is 0 Å². The lowest BCUT2D eigenvalue weighted by molar-refractivity contribution is -0.146. The van der Waals surface area contributed by atoms with Crippen LogP contribution >= 0.6 is 11.8 Å². The van der Waals surface area contributed by atoms with Gasteiger partial charge in [0.2, 0.25) is 5.89 Å². The summed E-state index contributed by atoms with van der Waals surface area (Å²) in [7, 11) is 0. The molecule has 0 N–H and O–H groups in total. The van der Waals surface area contributed by atoms with Crippen LogP contribution in [0.4, 0.5) is 4.39 Å². The Morgan fingerprint density at radius 2 is 1.96 bits per heavy atom. The van der Waals surface area contributed by atoms with Gasteiger partial charge in [-0.3, -0.25) is 4.79 Å². The molecule has 0 saturated heterocycles.